The summed E-state index contributed by atoms with van der Waals surface area (Å²) in [5.41, 5.74) is 4.42. The van der Waals surface area contributed by atoms with Crippen LogP contribution >= 0.6 is 23.2 Å². The second kappa shape index (κ2) is 7.78. The molecular formula is C22H17Cl2N3O2. The average molecular weight is 426 g/mol. The second-order valence-electron chi connectivity index (χ2n) is 6.58. The molecule has 0 spiro atoms. The van der Waals surface area contributed by atoms with Gasteiger partial charge in [-0.25, -0.2) is 4.98 Å². The number of imidazole rings is 1. The molecule has 7 heteroatoms. The Labute approximate surface area is 177 Å². The van der Waals surface area contributed by atoms with Crippen LogP contribution in [0.4, 0.5) is 5.69 Å². The van der Waals surface area contributed by atoms with Crippen molar-refractivity contribution in [3.05, 3.63) is 75.8 Å². The molecule has 29 heavy (non-hydrogen) atoms. The molecule has 3 aromatic carbocycles. The van der Waals surface area contributed by atoms with E-state index in [9.17, 15) is 4.79 Å². The van der Waals surface area contributed by atoms with E-state index in [0.29, 0.717) is 32.9 Å². The summed E-state index contributed by atoms with van der Waals surface area (Å²) in [6.07, 6.45) is 0. The lowest BCUT2D eigenvalue weighted by Crippen LogP contribution is -2.12. The molecule has 1 aromatic heterocycles. The molecule has 0 aliphatic carbocycles. The van der Waals surface area contributed by atoms with Gasteiger partial charge in [-0.1, -0.05) is 23.2 Å². The van der Waals surface area contributed by atoms with E-state index >= 15 is 0 Å². The highest BCUT2D eigenvalue weighted by molar-refractivity contribution is 6.31. The third kappa shape index (κ3) is 3.92. The van der Waals surface area contributed by atoms with Crippen LogP contribution in [0, 0.1) is 6.92 Å². The predicted octanol–water partition coefficient (Wildman–Crippen LogP) is 6.11. The largest absolute Gasteiger partial charge is 0.495 e. The number of rotatable bonds is 4. The maximum atomic E-state index is 12.6. The van der Waals surface area contributed by atoms with E-state index in [1.165, 1.54) is 0 Å². The Morgan fingerprint density at radius 1 is 1.07 bits per heavy atom. The van der Waals surface area contributed by atoms with Crippen molar-refractivity contribution in [3.63, 3.8) is 0 Å². The first-order valence-electron chi connectivity index (χ1n) is 8.86. The average Bonchev–Trinajstić information content (AvgIpc) is 3.13. The Kier molecular flexibility index (Phi) is 5.18. The van der Waals surface area contributed by atoms with Gasteiger partial charge >= 0.3 is 0 Å². The van der Waals surface area contributed by atoms with Gasteiger partial charge in [0.15, 0.2) is 0 Å². The topological polar surface area (TPSA) is 67.0 Å². The van der Waals surface area contributed by atoms with Gasteiger partial charge in [0, 0.05) is 21.2 Å². The summed E-state index contributed by atoms with van der Waals surface area (Å²) in [6.45, 7) is 1.86. The summed E-state index contributed by atoms with van der Waals surface area (Å²) in [5, 5.41) is 4.14. The lowest BCUT2D eigenvalue weighted by Gasteiger charge is -2.12. The Hall–Kier alpha value is -3.02. The van der Waals surface area contributed by atoms with E-state index in [4.69, 9.17) is 27.9 Å². The van der Waals surface area contributed by atoms with Crippen molar-refractivity contribution >= 4 is 45.8 Å². The lowest BCUT2D eigenvalue weighted by atomic mass is 10.1. The standard InChI is InChI=1S/C22H17Cl2N3O2/c1-12-9-14(3-6-16(12)24)22(28)27-18-7-4-13(10-20(18)29-2)21-25-17-8-5-15(23)11-19(17)26-21/h3-11H,1-2H3,(H,25,26)(H,27,28). The van der Waals surface area contributed by atoms with Crippen LogP contribution in [0.1, 0.15) is 15.9 Å². The molecule has 0 saturated carbocycles. The van der Waals surface area contributed by atoms with Gasteiger partial charge in [-0.3, -0.25) is 4.79 Å². The summed E-state index contributed by atoms with van der Waals surface area (Å²) in [6, 6.07) is 16.1. The van der Waals surface area contributed by atoms with Crippen LogP contribution in [0.15, 0.2) is 54.6 Å². The number of nitrogens with zero attached hydrogens (tertiary/aromatic N) is 1. The fourth-order valence-electron chi connectivity index (χ4n) is 3.04. The summed E-state index contributed by atoms with van der Waals surface area (Å²) in [5.74, 6) is 0.973. The fourth-order valence-corrected chi connectivity index (χ4v) is 3.33. The van der Waals surface area contributed by atoms with Gasteiger partial charge in [0.05, 0.1) is 23.8 Å². The van der Waals surface area contributed by atoms with E-state index in [0.717, 1.165) is 22.2 Å². The van der Waals surface area contributed by atoms with Gasteiger partial charge in [0.1, 0.15) is 11.6 Å². The molecule has 1 heterocycles. The van der Waals surface area contributed by atoms with Gasteiger partial charge in [0.25, 0.3) is 5.91 Å². The van der Waals surface area contributed by atoms with Crippen molar-refractivity contribution in [1.82, 2.24) is 9.97 Å². The molecule has 2 N–H and O–H groups in total. The summed E-state index contributed by atoms with van der Waals surface area (Å²) in [4.78, 5) is 20.4. The molecule has 0 bridgehead atoms. The molecule has 0 aliphatic heterocycles. The minimum absolute atomic E-state index is 0.241. The SMILES string of the molecule is COc1cc(-c2nc3ccc(Cl)cc3[nH]2)ccc1NC(=O)c1ccc(Cl)c(C)c1. The zero-order valence-corrected chi connectivity index (χ0v) is 17.2. The second-order valence-corrected chi connectivity index (χ2v) is 7.42. The lowest BCUT2D eigenvalue weighted by molar-refractivity contribution is 0.102. The monoisotopic (exact) mass is 425 g/mol. The van der Waals surface area contributed by atoms with E-state index in [1.54, 1.807) is 37.4 Å². The number of nitrogens with one attached hydrogen (secondary N) is 2. The third-order valence-corrected chi connectivity index (χ3v) is 5.25. The molecule has 4 aromatic rings. The first-order chi connectivity index (χ1) is 13.9. The van der Waals surface area contributed by atoms with E-state index in [1.807, 2.05) is 31.2 Å². The van der Waals surface area contributed by atoms with Crippen LogP contribution < -0.4 is 10.1 Å². The number of carbonyl (C=O) groups is 1. The quantitative estimate of drug-likeness (QED) is 0.414. The number of aromatic nitrogens is 2. The van der Waals surface area contributed by atoms with Crippen molar-refractivity contribution in [3.8, 4) is 17.1 Å². The molecular weight excluding hydrogens is 409 g/mol. The Balaban J connectivity index is 1.63. The maximum absolute atomic E-state index is 12.6. The molecule has 0 unspecified atom stereocenters. The predicted molar refractivity (Wildman–Crippen MR) is 117 cm³/mol. The number of aryl methyl sites for hydroxylation is 1. The number of halogens is 2. The number of hydrogen-bond donors (Lipinski definition) is 2. The fraction of sp³-hybridized carbons (Fsp3) is 0.0909. The van der Waals surface area contributed by atoms with Crippen molar-refractivity contribution in [2.24, 2.45) is 0 Å². The molecule has 4 rings (SSSR count). The smallest absolute Gasteiger partial charge is 0.255 e. The van der Waals surface area contributed by atoms with E-state index < -0.39 is 0 Å². The Morgan fingerprint density at radius 3 is 2.66 bits per heavy atom. The number of anilines is 1. The highest BCUT2D eigenvalue weighted by atomic mass is 35.5. The van der Waals surface area contributed by atoms with Crippen LogP contribution in [0.25, 0.3) is 22.4 Å². The molecule has 0 saturated heterocycles. The molecule has 1 amide bonds. The number of methoxy groups -OCH3 is 1. The molecule has 0 atom stereocenters. The summed E-state index contributed by atoms with van der Waals surface area (Å²) >= 11 is 12.1. The molecule has 0 radical (unpaired) electrons. The summed E-state index contributed by atoms with van der Waals surface area (Å²) < 4.78 is 5.48. The normalized spacial score (nSPS) is 10.9. The number of benzene rings is 3. The number of aromatic amines is 1. The maximum Gasteiger partial charge on any atom is 0.255 e. The number of H-pyrrole nitrogens is 1. The zero-order chi connectivity index (χ0) is 20.5. The number of ether oxygens (including phenoxy) is 1. The van der Waals surface area contributed by atoms with E-state index in [2.05, 4.69) is 15.3 Å². The minimum atomic E-state index is -0.241. The first kappa shape index (κ1) is 19.3. The van der Waals surface area contributed by atoms with Gasteiger partial charge in [-0.05, 0) is 67.1 Å². The number of amides is 1. The molecule has 5 nitrogen and oxygen atoms in total. The van der Waals surface area contributed by atoms with Crippen molar-refractivity contribution in [1.29, 1.82) is 0 Å². The minimum Gasteiger partial charge on any atom is -0.495 e. The van der Waals surface area contributed by atoms with Crippen LogP contribution in [-0.2, 0) is 0 Å². The third-order valence-electron chi connectivity index (χ3n) is 4.59. The van der Waals surface area contributed by atoms with Crippen LogP contribution in [0.2, 0.25) is 10.0 Å². The van der Waals surface area contributed by atoms with Gasteiger partial charge in [0.2, 0.25) is 0 Å². The van der Waals surface area contributed by atoms with Gasteiger partial charge in [-0.2, -0.15) is 0 Å². The van der Waals surface area contributed by atoms with Crippen molar-refractivity contribution in [2.75, 3.05) is 12.4 Å². The Bertz CT molecular complexity index is 1230. The van der Waals surface area contributed by atoms with Crippen molar-refractivity contribution < 1.29 is 9.53 Å². The molecule has 146 valence electrons. The van der Waals surface area contributed by atoms with Gasteiger partial charge < -0.3 is 15.0 Å². The highest BCUT2D eigenvalue weighted by Crippen LogP contribution is 2.31. The van der Waals surface area contributed by atoms with Crippen LogP contribution in [0.5, 0.6) is 5.75 Å². The number of fused-ring (bicyclic) bond motifs is 1. The number of carbonyl (C=O) groups excluding carboxylic acids is 1. The first-order valence-corrected chi connectivity index (χ1v) is 9.61. The molecule has 0 fully saturated rings. The highest BCUT2D eigenvalue weighted by Gasteiger charge is 2.13. The Morgan fingerprint density at radius 2 is 1.90 bits per heavy atom. The van der Waals surface area contributed by atoms with Crippen molar-refractivity contribution in [2.45, 2.75) is 6.92 Å². The van der Waals surface area contributed by atoms with Crippen LogP contribution in [0.3, 0.4) is 0 Å². The molecule has 0 aliphatic rings. The van der Waals surface area contributed by atoms with E-state index in [-0.39, 0.29) is 5.91 Å². The van der Waals surface area contributed by atoms with Crippen LogP contribution in [-0.4, -0.2) is 23.0 Å². The number of hydrogen-bond acceptors (Lipinski definition) is 3. The summed E-state index contributed by atoms with van der Waals surface area (Å²) in [7, 11) is 1.56. The van der Waals surface area contributed by atoms with Gasteiger partial charge in [-0.15, -0.1) is 0 Å². The zero-order valence-electron chi connectivity index (χ0n) is 15.7.